The van der Waals surface area contributed by atoms with Gasteiger partial charge < -0.3 is 15.4 Å². The van der Waals surface area contributed by atoms with Crippen molar-refractivity contribution in [1.29, 1.82) is 0 Å². The fraction of sp³-hybridized carbons (Fsp3) is 0.154. The molecule has 0 bridgehead atoms. The van der Waals surface area contributed by atoms with E-state index in [4.69, 9.17) is 4.74 Å². The first-order chi connectivity index (χ1) is 15.2. The number of ether oxygens (including phenoxy) is 1. The summed E-state index contributed by atoms with van der Waals surface area (Å²) >= 11 is 0. The first kappa shape index (κ1) is 20.4. The number of hydrogen-bond donors (Lipinski definition) is 2. The second-order valence-corrected chi connectivity index (χ2v) is 7.17. The Morgan fingerprint density at radius 2 is 1.65 bits per heavy atom. The van der Waals surface area contributed by atoms with Crippen LogP contribution in [0, 0.1) is 0 Å². The summed E-state index contributed by atoms with van der Waals surface area (Å²) in [5.74, 6) is 0.861. The minimum Gasteiger partial charge on any atom is -0.494 e. The van der Waals surface area contributed by atoms with Gasteiger partial charge in [0.15, 0.2) is 0 Å². The zero-order chi connectivity index (χ0) is 21.5. The summed E-state index contributed by atoms with van der Waals surface area (Å²) in [6.45, 7) is 3.54. The Labute approximate surface area is 182 Å². The van der Waals surface area contributed by atoms with Gasteiger partial charge in [-0.05, 0) is 52.8 Å². The van der Waals surface area contributed by atoms with Crippen LogP contribution in [-0.2, 0) is 13.1 Å². The molecule has 156 valence electrons. The molecule has 0 fully saturated rings. The molecule has 0 aliphatic rings. The summed E-state index contributed by atoms with van der Waals surface area (Å²) in [7, 11) is 0. The van der Waals surface area contributed by atoms with Gasteiger partial charge in [0, 0.05) is 30.9 Å². The van der Waals surface area contributed by atoms with E-state index in [1.807, 2.05) is 67.7 Å². The molecule has 0 atom stereocenters. The summed E-state index contributed by atoms with van der Waals surface area (Å²) in [6.07, 6.45) is 3.65. The van der Waals surface area contributed by atoms with Crippen LogP contribution in [0.3, 0.4) is 0 Å². The SMILES string of the molecule is CCOc1ccc(-c2ccc(CNC(=O)NCc3ccccc3)c3cnccc23)cc1. The van der Waals surface area contributed by atoms with Gasteiger partial charge in [0.05, 0.1) is 6.61 Å². The molecule has 4 rings (SSSR count). The van der Waals surface area contributed by atoms with Gasteiger partial charge >= 0.3 is 6.03 Å². The van der Waals surface area contributed by atoms with Gasteiger partial charge in [0.2, 0.25) is 0 Å². The Morgan fingerprint density at radius 3 is 2.42 bits per heavy atom. The number of benzene rings is 3. The molecule has 5 heteroatoms. The lowest BCUT2D eigenvalue weighted by Crippen LogP contribution is -2.34. The number of urea groups is 1. The van der Waals surface area contributed by atoms with E-state index in [0.717, 1.165) is 38.8 Å². The highest BCUT2D eigenvalue weighted by molar-refractivity contribution is 5.98. The fourth-order valence-electron chi connectivity index (χ4n) is 3.57. The number of nitrogens with one attached hydrogen (secondary N) is 2. The lowest BCUT2D eigenvalue weighted by atomic mass is 9.96. The summed E-state index contributed by atoms with van der Waals surface area (Å²) in [5.41, 5.74) is 4.32. The number of hydrogen-bond acceptors (Lipinski definition) is 3. The highest BCUT2D eigenvalue weighted by Crippen LogP contribution is 2.31. The Morgan fingerprint density at radius 1 is 0.871 bits per heavy atom. The third-order valence-corrected chi connectivity index (χ3v) is 5.12. The maximum absolute atomic E-state index is 12.2. The molecule has 5 nitrogen and oxygen atoms in total. The zero-order valence-electron chi connectivity index (χ0n) is 17.5. The van der Waals surface area contributed by atoms with Crippen molar-refractivity contribution in [1.82, 2.24) is 15.6 Å². The smallest absolute Gasteiger partial charge is 0.315 e. The van der Waals surface area contributed by atoms with E-state index in [1.165, 1.54) is 0 Å². The second-order valence-electron chi connectivity index (χ2n) is 7.17. The summed E-state index contributed by atoms with van der Waals surface area (Å²) < 4.78 is 5.55. The van der Waals surface area contributed by atoms with Crippen molar-refractivity contribution in [2.24, 2.45) is 0 Å². The molecule has 1 heterocycles. The standard InChI is InChI=1S/C26H25N3O2/c1-2-31-22-11-8-20(9-12-22)23-13-10-21(25-18-27-15-14-24(23)25)17-29-26(30)28-16-19-6-4-3-5-7-19/h3-15,18H,2,16-17H2,1H3,(H2,28,29,30). The van der Waals surface area contributed by atoms with Crippen LogP contribution in [0.25, 0.3) is 21.9 Å². The van der Waals surface area contributed by atoms with Gasteiger partial charge in [0.25, 0.3) is 0 Å². The van der Waals surface area contributed by atoms with E-state index in [0.29, 0.717) is 19.7 Å². The molecule has 0 aliphatic heterocycles. The normalized spacial score (nSPS) is 10.6. The molecule has 2 amide bonds. The molecule has 3 aromatic carbocycles. The number of rotatable bonds is 7. The number of nitrogens with zero attached hydrogens (tertiary/aromatic N) is 1. The Balaban J connectivity index is 1.49. The maximum Gasteiger partial charge on any atom is 0.315 e. The Kier molecular flexibility index (Phi) is 6.43. The number of amides is 2. The van der Waals surface area contributed by atoms with Gasteiger partial charge in [-0.25, -0.2) is 4.79 Å². The van der Waals surface area contributed by atoms with Crippen LogP contribution >= 0.6 is 0 Å². The second kappa shape index (κ2) is 9.76. The third kappa shape index (κ3) is 5.01. The average Bonchev–Trinajstić information content (AvgIpc) is 2.82. The topological polar surface area (TPSA) is 63.2 Å². The number of aromatic nitrogens is 1. The largest absolute Gasteiger partial charge is 0.494 e. The average molecular weight is 412 g/mol. The fourth-order valence-corrected chi connectivity index (χ4v) is 3.57. The summed E-state index contributed by atoms with van der Waals surface area (Å²) in [6, 6.07) is 23.9. The minimum absolute atomic E-state index is 0.198. The lowest BCUT2D eigenvalue weighted by Gasteiger charge is -2.13. The first-order valence-corrected chi connectivity index (χ1v) is 10.4. The van der Waals surface area contributed by atoms with Crippen molar-refractivity contribution in [2.45, 2.75) is 20.0 Å². The molecule has 0 spiro atoms. The molecule has 2 N–H and O–H groups in total. The van der Waals surface area contributed by atoms with Gasteiger partial charge in [-0.2, -0.15) is 0 Å². The third-order valence-electron chi connectivity index (χ3n) is 5.12. The van der Waals surface area contributed by atoms with Crippen LogP contribution in [-0.4, -0.2) is 17.6 Å². The predicted octanol–water partition coefficient (Wildman–Crippen LogP) is 5.30. The molecular formula is C26H25N3O2. The van der Waals surface area contributed by atoms with Crippen molar-refractivity contribution in [3.8, 4) is 16.9 Å². The molecule has 0 saturated carbocycles. The summed E-state index contributed by atoms with van der Waals surface area (Å²) in [5, 5.41) is 7.97. The van der Waals surface area contributed by atoms with E-state index in [-0.39, 0.29) is 6.03 Å². The monoisotopic (exact) mass is 411 g/mol. The van der Waals surface area contributed by atoms with Crippen molar-refractivity contribution in [3.05, 3.63) is 96.3 Å². The maximum atomic E-state index is 12.2. The number of pyridine rings is 1. The number of fused-ring (bicyclic) bond motifs is 1. The van der Waals surface area contributed by atoms with Gasteiger partial charge in [0.1, 0.15) is 5.75 Å². The van der Waals surface area contributed by atoms with Crippen LogP contribution in [0.5, 0.6) is 5.75 Å². The molecular weight excluding hydrogens is 386 g/mol. The Bertz CT molecular complexity index is 1160. The van der Waals surface area contributed by atoms with E-state index < -0.39 is 0 Å². The molecule has 4 aromatic rings. The molecule has 0 unspecified atom stereocenters. The van der Waals surface area contributed by atoms with E-state index in [2.05, 4.69) is 33.8 Å². The van der Waals surface area contributed by atoms with Crippen molar-refractivity contribution in [3.63, 3.8) is 0 Å². The van der Waals surface area contributed by atoms with Crippen molar-refractivity contribution < 1.29 is 9.53 Å². The first-order valence-electron chi connectivity index (χ1n) is 10.4. The zero-order valence-corrected chi connectivity index (χ0v) is 17.5. The van der Waals surface area contributed by atoms with Crippen molar-refractivity contribution in [2.75, 3.05) is 6.61 Å². The van der Waals surface area contributed by atoms with Crippen LogP contribution < -0.4 is 15.4 Å². The molecule has 0 aliphatic carbocycles. The number of carbonyl (C=O) groups is 1. The molecule has 1 aromatic heterocycles. The van der Waals surface area contributed by atoms with Gasteiger partial charge in [-0.3, -0.25) is 4.98 Å². The van der Waals surface area contributed by atoms with Gasteiger partial charge in [-0.1, -0.05) is 54.6 Å². The quantitative estimate of drug-likeness (QED) is 0.434. The van der Waals surface area contributed by atoms with Crippen LogP contribution in [0.2, 0.25) is 0 Å². The molecule has 31 heavy (non-hydrogen) atoms. The van der Waals surface area contributed by atoms with Crippen LogP contribution in [0.1, 0.15) is 18.1 Å². The highest BCUT2D eigenvalue weighted by atomic mass is 16.5. The molecule has 0 radical (unpaired) electrons. The lowest BCUT2D eigenvalue weighted by molar-refractivity contribution is 0.240. The van der Waals surface area contributed by atoms with Crippen LogP contribution in [0.15, 0.2) is 85.2 Å². The minimum atomic E-state index is -0.198. The summed E-state index contributed by atoms with van der Waals surface area (Å²) in [4.78, 5) is 16.6. The van der Waals surface area contributed by atoms with Crippen molar-refractivity contribution >= 4 is 16.8 Å². The highest BCUT2D eigenvalue weighted by Gasteiger charge is 2.09. The van der Waals surface area contributed by atoms with E-state index >= 15 is 0 Å². The number of carbonyl (C=O) groups excluding carboxylic acids is 1. The molecule has 0 saturated heterocycles. The Hall–Kier alpha value is -3.86. The predicted molar refractivity (Wildman–Crippen MR) is 124 cm³/mol. The van der Waals surface area contributed by atoms with Gasteiger partial charge in [-0.15, -0.1) is 0 Å². The van der Waals surface area contributed by atoms with Crippen LogP contribution in [0.4, 0.5) is 4.79 Å². The van der Waals surface area contributed by atoms with E-state index in [1.54, 1.807) is 6.20 Å². The van der Waals surface area contributed by atoms with E-state index in [9.17, 15) is 4.79 Å².